The number of likely N-dealkylation sites (N-methyl/N-ethyl adjacent to an activating group) is 1. The van der Waals surface area contributed by atoms with Crippen LogP contribution in [0, 0.1) is 23.7 Å². The maximum absolute atomic E-state index is 14.0. The van der Waals surface area contributed by atoms with Crippen molar-refractivity contribution in [1.82, 2.24) is 4.90 Å². The molecule has 284 valence electrons. The summed E-state index contributed by atoms with van der Waals surface area (Å²) < 4.78 is 29.1. The summed E-state index contributed by atoms with van der Waals surface area (Å²) in [6.45, 7) is 12.8. The molecule has 0 saturated carbocycles. The molecule has 2 saturated heterocycles. The van der Waals surface area contributed by atoms with Gasteiger partial charge >= 0.3 is 11.9 Å². The minimum Gasteiger partial charge on any atom is -0.468 e. The summed E-state index contributed by atoms with van der Waals surface area (Å²) in [6.07, 6.45) is -5.48. The second kappa shape index (κ2) is 17.8. The van der Waals surface area contributed by atoms with Gasteiger partial charge in [-0.05, 0) is 61.1 Å². The second-order valence-corrected chi connectivity index (χ2v) is 14.4. The van der Waals surface area contributed by atoms with Crippen LogP contribution in [0.15, 0.2) is 5.16 Å². The Labute approximate surface area is 290 Å². The van der Waals surface area contributed by atoms with Crippen molar-refractivity contribution in [2.75, 3.05) is 34.9 Å². The molecule has 2 aliphatic heterocycles. The summed E-state index contributed by atoms with van der Waals surface area (Å²) in [5, 5.41) is 38.9. The number of hydrogen-bond acceptors (Lipinski definition) is 15. The SMILES string of the molecule is CCC1OC(=O)[C@H](C)C(=O)[C@H](C)[C@@H](O[C@@H]2O[C@H](C)C[C@H](N(C)C)[C@H]2O)[C@](C)(OC)C[C@@H](C)/C(=N\OC[C@@H](N)C(=O)OC)[C@H](C)[C@@H](O)[C@]1(C)O. The van der Waals surface area contributed by atoms with Crippen molar-refractivity contribution in [1.29, 1.82) is 0 Å². The first-order valence-corrected chi connectivity index (χ1v) is 17.1. The number of rotatable bonds is 9. The van der Waals surface area contributed by atoms with E-state index in [2.05, 4.69) is 9.89 Å². The number of cyclic esters (lactones) is 1. The molecular weight excluding hydrogens is 642 g/mol. The molecule has 2 rings (SSSR count). The second-order valence-electron chi connectivity index (χ2n) is 14.4. The highest BCUT2D eigenvalue weighted by Crippen LogP contribution is 2.38. The van der Waals surface area contributed by atoms with Crippen LogP contribution in [0.1, 0.15) is 74.7 Å². The number of oxime groups is 1. The van der Waals surface area contributed by atoms with Gasteiger partial charge in [0.2, 0.25) is 0 Å². The fourth-order valence-corrected chi connectivity index (χ4v) is 7.03. The van der Waals surface area contributed by atoms with Crippen LogP contribution < -0.4 is 5.73 Å². The molecule has 0 amide bonds. The number of esters is 2. The number of methoxy groups -OCH3 is 2. The molecule has 1 unspecified atom stereocenters. The average molecular weight is 704 g/mol. The maximum Gasteiger partial charge on any atom is 0.326 e. The summed E-state index contributed by atoms with van der Waals surface area (Å²) in [5.41, 5.74) is 2.86. The zero-order chi connectivity index (χ0) is 37.6. The number of nitrogens with two attached hydrogens (primary N) is 1. The topological polar surface area (TPSA) is 209 Å². The van der Waals surface area contributed by atoms with E-state index in [4.69, 9.17) is 29.5 Å². The predicted octanol–water partition coefficient (Wildman–Crippen LogP) is 1.03. The van der Waals surface area contributed by atoms with Crippen molar-refractivity contribution in [2.24, 2.45) is 34.6 Å². The number of aliphatic hydroxyl groups excluding tert-OH is 2. The highest BCUT2D eigenvalue weighted by Gasteiger charge is 2.51. The smallest absolute Gasteiger partial charge is 0.326 e. The third-order valence-electron chi connectivity index (χ3n) is 10.3. The Morgan fingerprint density at radius 2 is 1.71 bits per heavy atom. The maximum atomic E-state index is 14.0. The largest absolute Gasteiger partial charge is 0.468 e. The molecule has 15 nitrogen and oxygen atoms in total. The monoisotopic (exact) mass is 703 g/mol. The van der Waals surface area contributed by atoms with E-state index in [1.807, 2.05) is 32.8 Å². The predicted molar refractivity (Wildman–Crippen MR) is 179 cm³/mol. The van der Waals surface area contributed by atoms with Crippen LogP contribution in [0.2, 0.25) is 0 Å². The first-order chi connectivity index (χ1) is 22.7. The van der Waals surface area contributed by atoms with Gasteiger partial charge in [-0.2, -0.15) is 0 Å². The Hall–Kier alpha value is -2.24. The molecule has 0 aromatic rings. The lowest BCUT2D eigenvalue weighted by molar-refractivity contribution is -0.295. The quantitative estimate of drug-likeness (QED) is 0.150. The third kappa shape index (κ3) is 9.97. The van der Waals surface area contributed by atoms with Crippen molar-refractivity contribution in [3.8, 4) is 0 Å². The van der Waals surface area contributed by atoms with E-state index >= 15 is 0 Å². The fourth-order valence-electron chi connectivity index (χ4n) is 7.03. The number of Topliss-reactive ketones (excluding diaryl/α,β-unsaturated/α-hetero) is 1. The molecule has 2 aliphatic rings. The number of carbonyl (C=O) groups is 3. The van der Waals surface area contributed by atoms with Crippen LogP contribution in [-0.2, 0) is 42.9 Å². The lowest BCUT2D eigenvalue weighted by Gasteiger charge is -2.47. The molecular formula is C34H61N3O12. The standard InChI is InChI=1S/C34H61N3O12/c1-13-24-34(8,43)28(40)19(4)25(36-46-16-22(35)31(42)44-11)17(2)15-33(7,45-12)29(20(5)26(38)21(6)30(41)48-24)49-32-27(39)23(37(9)10)14-18(3)47-32/h17-24,27-29,32,39-40,43H,13-16,35H2,1-12H3/b36-25+/t17-,18-,19+,20+,21-,22-,23+,24?,27-,28-,29-,32+,33-,34-/m1/s1. The summed E-state index contributed by atoms with van der Waals surface area (Å²) in [6, 6.07) is -1.44. The number of ether oxygens (including phenoxy) is 5. The highest BCUT2D eigenvalue weighted by atomic mass is 16.7. The lowest BCUT2D eigenvalue weighted by Crippen LogP contribution is -2.60. The average Bonchev–Trinajstić information content (AvgIpc) is 3.05. The molecule has 2 heterocycles. The Kier molecular flexibility index (Phi) is 15.6. The molecule has 0 spiro atoms. The van der Waals surface area contributed by atoms with Gasteiger partial charge in [0.15, 0.2) is 12.1 Å². The van der Waals surface area contributed by atoms with Crippen LogP contribution >= 0.6 is 0 Å². The van der Waals surface area contributed by atoms with Gasteiger partial charge in [0.25, 0.3) is 0 Å². The van der Waals surface area contributed by atoms with Crippen molar-refractivity contribution >= 4 is 23.4 Å². The first kappa shape index (κ1) is 42.9. The highest BCUT2D eigenvalue weighted by molar-refractivity contribution is 6.00. The summed E-state index contributed by atoms with van der Waals surface area (Å²) in [5.74, 6) is -5.80. The Bertz CT molecular complexity index is 1150. The van der Waals surface area contributed by atoms with E-state index in [1.165, 1.54) is 28.1 Å². The molecule has 0 radical (unpaired) electrons. The number of nitrogens with zero attached hydrogens (tertiary/aromatic N) is 2. The molecule has 2 fully saturated rings. The Morgan fingerprint density at radius 3 is 2.24 bits per heavy atom. The van der Waals surface area contributed by atoms with E-state index in [9.17, 15) is 29.7 Å². The van der Waals surface area contributed by atoms with Gasteiger partial charge in [-0.1, -0.05) is 32.9 Å². The number of carbonyl (C=O) groups excluding carboxylic acids is 3. The zero-order valence-corrected chi connectivity index (χ0v) is 31.2. The first-order valence-electron chi connectivity index (χ1n) is 17.1. The van der Waals surface area contributed by atoms with Gasteiger partial charge in [-0.3, -0.25) is 14.4 Å². The van der Waals surface area contributed by atoms with E-state index in [1.54, 1.807) is 27.7 Å². The lowest BCUT2D eigenvalue weighted by atomic mass is 9.74. The van der Waals surface area contributed by atoms with Crippen LogP contribution in [0.3, 0.4) is 0 Å². The number of aliphatic hydroxyl groups is 3. The summed E-state index contributed by atoms with van der Waals surface area (Å²) in [4.78, 5) is 46.8. The van der Waals surface area contributed by atoms with Crippen LogP contribution in [0.25, 0.3) is 0 Å². The molecule has 0 bridgehead atoms. The van der Waals surface area contributed by atoms with E-state index in [0.717, 1.165) is 0 Å². The molecule has 0 aromatic heterocycles. The van der Waals surface area contributed by atoms with E-state index in [0.29, 0.717) is 6.42 Å². The van der Waals surface area contributed by atoms with Gasteiger partial charge in [0.1, 0.15) is 36.4 Å². The Balaban J connectivity index is 2.73. The van der Waals surface area contributed by atoms with Gasteiger partial charge in [0, 0.05) is 30.9 Å². The molecule has 14 atom stereocenters. The van der Waals surface area contributed by atoms with Crippen LogP contribution in [-0.4, -0.2) is 139 Å². The molecule has 0 aromatic carbocycles. The summed E-state index contributed by atoms with van der Waals surface area (Å²) in [7, 11) is 6.35. The Morgan fingerprint density at radius 1 is 1.10 bits per heavy atom. The molecule has 15 heteroatoms. The number of ketones is 1. The van der Waals surface area contributed by atoms with Crippen LogP contribution in [0.5, 0.6) is 0 Å². The van der Waals surface area contributed by atoms with Gasteiger partial charge in [-0.15, -0.1) is 0 Å². The minimum atomic E-state index is -1.98. The van der Waals surface area contributed by atoms with Crippen molar-refractivity contribution in [2.45, 2.75) is 135 Å². The normalized spacial score (nSPS) is 41.6. The van der Waals surface area contributed by atoms with Crippen LogP contribution in [0.4, 0.5) is 0 Å². The van der Waals surface area contributed by atoms with Crippen molar-refractivity contribution in [3.05, 3.63) is 0 Å². The van der Waals surface area contributed by atoms with E-state index in [-0.39, 0.29) is 37.3 Å². The number of hydrogen-bond donors (Lipinski definition) is 4. The summed E-state index contributed by atoms with van der Waals surface area (Å²) >= 11 is 0. The van der Waals surface area contributed by atoms with Crippen molar-refractivity contribution < 1.29 is 58.2 Å². The fraction of sp³-hybridized carbons (Fsp3) is 0.882. The van der Waals surface area contributed by atoms with Gasteiger partial charge < -0.3 is 54.5 Å². The molecule has 5 N–H and O–H groups in total. The van der Waals surface area contributed by atoms with Gasteiger partial charge in [-0.25, -0.2) is 0 Å². The van der Waals surface area contributed by atoms with Gasteiger partial charge in [0.05, 0.1) is 36.7 Å². The van der Waals surface area contributed by atoms with E-state index < -0.39 is 89.3 Å². The third-order valence-corrected chi connectivity index (χ3v) is 10.3. The van der Waals surface area contributed by atoms with Crippen molar-refractivity contribution in [3.63, 3.8) is 0 Å². The zero-order valence-electron chi connectivity index (χ0n) is 31.2. The molecule has 49 heavy (non-hydrogen) atoms. The molecule has 0 aliphatic carbocycles. The minimum absolute atomic E-state index is 0.126.